The van der Waals surface area contributed by atoms with Gasteiger partial charge in [0.1, 0.15) is 11.5 Å². The number of aliphatic imine (C=N–C) groups is 1. The minimum atomic E-state index is -0.707. The Balaban J connectivity index is 2.63. The van der Waals surface area contributed by atoms with Crippen LogP contribution < -0.4 is 22.1 Å². The number of nitrogens with one attached hydrogen (secondary N) is 2. The molecule has 0 aliphatic heterocycles. The van der Waals surface area contributed by atoms with Crippen LogP contribution in [0.1, 0.15) is 11.1 Å². The van der Waals surface area contributed by atoms with Crippen LogP contribution in [-0.2, 0) is 0 Å². The van der Waals surface area contributed by atoms with Crippen LogP contribution in [0.15, 0.2) is 47.7 Å². The summed E-state index contributed by atoms with van der Waals surface area (Å²) in [7, 11) is 1.39. The van der Waals surface area contributed by atoms with Gasteiger partial charge in [0, 0.05) is 24.4 Å². The van der Waals surface area contributed by atoms with Crippen LogP contribution in [0.3, 0.4) is 0 Å². The van der Waals surface area contributed by atoms with Crippen molar-refractivity contribution in [3.05, 3.63) is 65.5 Å². The van der Waals surface area contributed by atoms with E-state index in [0.717, 1.165) is 6.20 Å². The van der Waals surface area contributed by atoms with Gasteiger partial charge in [-0.15, -0.1) is 0 Å². The summed E-state index contributed by atoms with van der Waals surface area (Å²) in [6, 6.07) is 6.35. The van der Waals surface area contributed by atoms with Gasteiger partial charge in [0.25, 0.3) is 0 Å². The Kier molecular flexibility index (Phi) is 5.62. The van der Waals surface area contributed by atoms with Gasteiger partial charge in [-0.3, -0.25) is 10.3 Å². The van der Waals surface area contributed by atoms with Crippen molar-refractivity contribution in [3.8, 4) is 0 Å². The number of carbonyl (C=O) groups excluding carboxylic acids is 1. The Hall–Kier alpha value is -3.49. The second-order valence-electron chi connectivity index (χ2n) is 4.80. The number of hydrogen-bond acceptors (Lipinski definition) is 4. The molecule has 0 saturated carbocycles. The smallest absolute Gasteiger partial charge is 0.321 e. The van der Waals surface area contributed by atoms with Gasteiger partial charge in [0.2, 0.25) is 5.96 Å². The molecule has 25 heavy (non-hydrogen) atoms. The van der Waals surface area contributed by atoms with Gasteiger partial charge < -0.3 is 16.8 Å². The molecule has 0 radical (unpaired) electrons. The van der Waals surface area contributed by atoms with E-state index in [9.17, 15) is 13.6 Å². The molecular weight excluding hydrogens is 330 g/mol. The number of urea groups is 1. The van der Waals surface area contributed by atoms with Crippen molar-refractivity contribution < 1.29 is 13.6 Å². The van der Waals surface area contributed by atoms with E-state index in [-0.39, 0.29) is 28.5 Å². The Bertz CT molecular complexity index is 850. The molecule has 1 aromatic carbocycles. The van der Waals surface area contributed by atoms with Gasteiger partial charge in [-0.1, -0.05) is 12.1 Å². The molecule has 0 fully saturated rings. The molecule has 2 amide bonds. The van der Waals surface area contributed by atoms with E-state index in [1.54, 1.807) is 6.07 Å². The summed E-state index contributed by atoms with van der Waals surface area (Å²) in [5.74, 6) is -1.68. The third-order valence-electron chi connectivity index (χ3n) is 3.15. The topological polar surface area (TPSA) is 118 Å². The highest BCUT2D eigenvalue weighted by atomic mass is 19.1. The summed E-state index contributed by atoms with van der Waals surface area (Å²) >= 11 is 0. The second-order valence-corrected chi connectivity index (χ2v) is 4.80. The van der Waals surface area contributed by atoms with Crippen molar-refractivity contribution in [1.82, 2.24) is 15.6 Å². The highest BCUT2D eigenvalue weighted by Gasteiger charge is 2.16. The van der Waals surface area contributed by atoms with Crippen molar-refractivity contribution in [2.24, 2.45) is 16.5 Å². The number of pyridine rings is 1. The lowest BCUT2D eigenvalue weighted by atomic mass is 10.1. The van der Waals surface area contributed by atoms with Crippen molar-refractivity contribution in [2.75, 3.05) is 7.05 Å². The number of benzene rings is 1. The number of rotatable bonds is 3. The average Bonchev–Trinajstić information content (AvgIpc) is 2.60. The number of halogens is 2. The quantitative estimate of drug-likeness (QED) is 0.496. The van der Waals surface area contributed by atoms with Crippen molar-refractivity contribution >= 4 is 23.4 Å². The molecule has 0 bridgehead atoms. The van der Waals surface area contributed by atoms with Crippen LogP contribution >= 0.6 is 0 Å². The summed E-state index contributed by atoms with van der Waals surface area (Å²) in [6.07, 6.45) is 2.30. The number of hydrogen-bond donors (Lipinski definition) is 4. The fourth-order valence-electron chi connectivity index (χ4n) is 1.97. The van der Waals surface area contributed by atoms with E-state index in [2.05, 4.69) is 20.6 Å². The van der Waals surface area contributed by atoms with Crippen LogP contribution in [0.5, 0.6) is 0 Å². The lowest BCUT2D eigenvalue weighted by Gasteiger charge is -2.12. The fourth-order valence-corrected chi connectivity index (χ4v) is 1.97. The van der Waals surface area contributed by atoms with Gasteiger partial charge in [-0.25, -0.2) is 18.6 Å². The summed E-state index contributed by atoms with van der Waals surface area (Å²) in [6.45, 7) is 0. The zero-order valence-electron chi connectivity index (χ0n) is 13.3. The molecule has 1 aromatic heterocycles. The lowest BCUT2D eigenvalue weighted by molar-refractivity contribution is 0.247. The zero-order valence-corrected chi connectivity index (χ0v) is 13.3. The standard InChI is InChI=1S/C16H16F2N6O/c1-21-16(25)24-15(20)23-14(10-4-2-3-5-11(10)17)13(19)9-6-7-22-8-12(9)18/h2-8H,19H2,1H3,(H4,20,21,23,24,25)/b14-13-. The maximum Gasteiger partial charge on any atom is 0.321 e. The summed E-state index contributed by atoms with van der Waals surface area (Å²) in [5.41, 5.74) is 11.3. The van der Waals surface area contributed by atoms with E-state index < -0.39 is 17.7 Å². The summed E-state index contributed by atoms with van der Waals surface area (Å²) in [4.78, 5) is 18.9. The van der Waals surface area contributed by atoms with Crippen LogP contribution in [0.4, 0.5) is 13.6 Å². The van der Waals surface area contributed by atoms with Crippen molar-refractivity contribution in [2.45, 2.75) is 0 Å². The first-order valence-electron chi connectivity index (χ1n) is 7.11. The molecule has 6 N–H and O–H groups in total. The normalized spacial score (nSPS) is 12.4. The number of guanidine groups is 1. The predicted octanol–water partition coefficient (Wildman–Crippen LogP) is 1.39. The summed E-state index contributed by atoms with van der Waals surface area (Å²) < 4.78 is 28.2. The van der Waals surface area contributed by atoms with E-state index in [0.29, 0.717) is 0 Å². The molecule has 2 aromatic rings. The molecule has 130 valence electrons. The number of carbonyl (C=O) groups is 1. The molecule has 0 aliphatic carbocycles. The van der Waals surface area contributed by atoms with Gasteiger partial charge in [-0.2, -0.15) is 0 Å². The molecule has 9 heteroatoms. The fraction of sp³-hybridized carbons (Fsp3) is 0.0625. The maximum absolute atomic E-state index is 14.2. The maximum atomic E-state index is 14.2. The van der Waals surface area contributed by atoms with Crippen LogP contribution in [0, 0.1) is 11.6 Å². The van der Waals surface area contributed by atoms with Gasteiger partial charge >= 0.3 is 6.03 Å². The SMILES string of the molecule is CNC(=O)NC(N)=N/C(=C(\N)c1ccncc1F)c1ccccc1F. The Morgan fingerprint density at radius 3 is 2.48 bits per heavy atom. The van der Waals surface area contributed by atoms with E-state index in [1.165, 1.54) is 37.5 Å². The van der Waals surface area contributed by atoms with Crippen molar-refractivity contribution in [3.63, 3.8) is 0 Å². The molecular formula is C16H16F2N6O. The molecule has 7 nitrogen and oxygen atoms in total. The first-order chi connectivity index (χ1) is 11.9. The molecule has 1 heterocycles. The Labute approximate surface area is 142 Å². The third-order valence-corrected chi connectivity index (χ3v) is 3.15. The van der Waals surface area contributed by atoms with Crippen LogP contribution in [-0.4, -0.2) is 24.0 Å². The monoisotopic (exact) mass is 346 g/mol. The largest absolute Gasteiger partial charge is 0.396 e. The van der Waals surface area contributed by atoms with Crippen LogP contribution in [0.25, 0.3) is 11.4 Å². The van der Waals surface area contributed by atoms with E-state index in [4.69, 9.17) is 11.5 Å². The van der Waals surface area contributed by atoms with Crippen LogP contribution in [0.2, 0.25) is 0 Å². The van der Waals surface area contributed by atoms with Crippen molar-refractivity contribution in [1.29, 1.82) is 0 Å². The first kappa shape index (κ1) is 17.9. The summed E-state index contributed by atoms with van der Waals surface area (Å²) in [5, 5.41) is 4.52. The highest BCUT2D eigenvalue weighted by molar-refractivity contribution is 6.00. The number of aromatic nitrogens is 1. The molecule has 0 saturated heterocycles. The minimum Gasteiger partial charge on any atom is -0.396 e. The molecule has 0 atom stereocenters. The zero-order chi connectivity index (χ0) is 18.4. The van der Waals surface area contributed by atoms with E-state index in [1.807, 2.05) is 0 Å². The van der Waals surface area contributed by atoms with Gasteiger partial charge in [0.15, 0.2) is 5.82 Å². The molecule has 2 rings (SSSR count). The highest BCUT2D eigenvalue weighted by Crippen LogP contribution is 2.27. The van der Waals surface area contributed by atoms with E-state index >= 15 is 0 Å². The third kappa shape index (κ3) is 4.28. The van der Waals surface area contributed by atoms with Gasteiger partial charge in [-0.05, 0) is 18.2 Å². The first-order valence-corrected chi connectivity index (χ1v) is 7.11. The minimum absolute atomic E-state index is 0.00197. The predicted molar refractivity (Wildman–Crippen MR) is 90.8 cm³/mol. The van der Waals surface area contributed by atoms with Gasteiger partial charge in [0.05, 0.1) is 11.9 Å². The Morgan fingerprint density at radius 1 is 1.12 bits per heavy atom. The number of nitrogens with zero attached hydrogens (tertiary/aromatic N) is 2. The average molecular weight is 346 g/mol. The molecule has 0 aliphatic rings. The lowest BCUT2D eigenvalue weighted by Crippen LogP contribution is -2.41. The number of amides is 2. The second kappa shape index (κ2) is 7.86. The molecule has 0 unspecified atom stereocenters. The number of nitrogens with two attached hydrogens (primary N) is 2. The molecule has 0 spiro atoms. The Morgan fingerprint density at radius 2 is 1.84 bits per heavy atom.